The summed E-state index contributed by atoms with van der Waals surface area (Å²) in [6.45, 7) is 4.48. The van der Waals surface area contributed by atoms with Gasteiger partial charge in [-0.3, -0.25) is 9.59 Å². The third-order valence-corrected chi connectivity index (χ3v) is 7.86. The van der Waals surface area contributed by atoms with E-state index in [0.717, 1.165) is 24.7 Å². The minimum atomic E-state index is -0.231. The highest BCUT2D eigenvalue weighted by molar-refractivity contribution is 5.81. The fourth-order valence-electron chi connectivity index (χ4n) is 5.72. The molecular formula is C29H50O6. The molecule has 202 valence electrons. The number of esters is 3. The van der Waals surface area contributed by atoms with Crippen molar-refractivity contribution < 1.29 is 28.6 Å². The van der Waals surface area contributed by atoms with Crippen LogP contribution in [0.2, 0.25) is 0 Å². The Kier molecular flexibility index (Phi) is 16.4. The van der Waals surface area contributed by atoms with E-state index in [0.29, 0.717) is 24.7 Å². The van der Waals surface area contributed by atoms with Crippen LogP contribution >= 0.6 is 0 Å². The summed E-state index contributed by atoms with van der Waals surface area (Å²) in [6, 6.07) is 0. The second kappa shape index (κ2) is 18.4. The van der Waals surface area contributed by atoms with Crippen molar-refractivity contribution in [2.45, 2.75) is 104 Å². The van der Waals surface area contributed by atoms with Gasteiger partial charge in [-0.2, -0.15) is 0 Å². The van der Waals surface area contributed by atoms with Gasteiger partial charge in [0.2, 0.25) is 0 Å². The van der Waals surface area contributed by atoms with Gasteiger partial charge in [0.15, 0.2) is 0 Å². The molecule has 2 rings (SSSR count). The molecular weight excluding hydrogens is 444 g/mol. The molecule has 0 spiro atoms. The molecule has 0 aliphatic heterocycles. The van der Waals surface area contributed by atoms with Gasteiger partial charge in [-0.25, -0.2) is 4.79 Å². The number of ether oxygens (including phenoxy) is 3. The van der Waals surface area contributed by atoms with Crippen molar-refractivity contribution in [3.05, 3.63) is 12.2 Å². The molecule has 2 saturated carbocycles. The van der Waals surface area contributed by atoms with Gasteiger partial charge in [-0.1, -0.05) is 58.4 Å². The van der Waals surface area contributed by atoms with Gasteiger partial charge in [0.05, 0.1) is 21.3 Å². The first kappa shape index (κ1) is 31.2. The van der Waals surface area contributed by atoms with E-state index in [1.165, 1.54) is 85.5 Å². The Bertz CT molecular complexity index is 609. The third kappa shape index (κ3) is 13.1. The van der Waals surface area contributed by atoms with Crippen LogP contribution in [0.1, 0.15) is 104 Å². The first-order valence-corrected chi connectivity index (χ1v) is 13.8. The van der Waals surface area contributed by atoms with Crippen molar-refractivity contribution in [2.75, 3.05) is 21.3 Å². The summed E-state index contributed by atoms with van der Waals surface area (Å²) >= 11 is 0. The Morgan fingerprint density at radius 1 is 0.714 bits per heavy atom. The highest BCUT2D eigenvalue weighted by atomic mass is 16.5. The van der Waals surface area contributed by atoms with Crippen LogP contribution in [0.15, 0.2) is 12.2 Å². The molecule has 0 atom stereocenters. The molecule has 0 aromatic carbocycles. The van der Waals surface area contributed by atoms with Crippen molar-refractivity contribution in [1.82, 2.24) is 0 Å². The van der Waals surface area contributed by atoms with E-state index in [-0.39, 0.29) is 23.8 Å². The van der Waals surface area contributed by atoms with Crippen LogP contribution in [0.25, 0.3) is 0 Å². The zero-order chi connectivity index (χ0) is 26.1. The first-order valence-electron chi connectivity index (χ1n) is 13.8. The number of rotatable bonds is 11. The number of carbonyl (C=O) groups is 3. The van der Waals surface area contributed by atoms with Crippen molar-refractivity contribution in [3.63, 3.8) is 0 Å². The van der Waals surface area contributed by atoms with Crippen molar-refractivity contribution in [3.8, 4) is 0 Å². The van der Waals surface area contributed by atoms with E-state index in [9.17, 15) is 14.4 Å². The largest absolute Gasteiger partial charge is 0.469 e. The Hall–Kier alpha value is -1.85. The number of hydrogen-bond donors (Lipinski definition) is 0. The fraction of sp³-hybridized carbons (Fsp3) is 0.828. The summed E-state index contributed by atoms with van der Waals surface area (Å²) < 4.78 is 14.1. The van der Waals surface area contributed by atoms with E-state index in [1.54, 1.807) is 6.08 Å². The van der Waals surface area contributed by atoms with Crippen LogP contribution in [-0.4, -0.2) is 39.2 Å². The monoisotopic (exact) mass is 494 g/mol. The molecule has 6 heteroatoms. The lowest BCUT2D eigenvalue weighted by Gasteiger charge is -2.33. The summed E-state index contributed by atoms with van der Waals surface area (Å²) in [6.07, 6.45) is 19.2. The van der Waals surface area contributed by atoms with E-state index >= 15 is 0 Å². The second-order valence-corrected chi connectivity index (χ2v) is 10.3. The number of methoxy groups -OCH3 is 3. The predicted octanol–water partition coefficient (Wildman–Crippen LogP) is 6.66. The van der Waals surface area contributed by atoms with Gasteiger partial charge in [0.1, 0.15) is 0 Å². The predicted molar refractivity (Wildman–Crippen MR) is 139 cm³/mol. The van der Waals surface area contributed by atoms with E-state index in [4.69, 9.17) is 9.47 Å². The molecule has 0 bridgehead atoms. The Labute approximate surface area is 213 Å². The van der Waals surface area contributed by atoms with Crippen LogP contribution in [-0.2, 0) is 28.6 Å². The molecule has 0 N–H and O–H groups in total. The highest BCUT2D eigenvalue weighted by Gasteiger charge is 2.30. The maximum atomic E-state index is 11.5. The van der Waals surface area contributed by atoms with Gasteiger partial charge >= 0.3 is 17.9 Å². The molecule has 0 unspecified atom stereocenters. The minimum absolute atomic E-state index is 0.0671. The standard InChI is InChI=1S/C16H28O4.C13H22O2/c1-4-5-12-6-8-13(9-7-12)14(10-15(17)19-2)11-16(18)20-3;1-3-4-11-5-7-12(8-6-11)9-10-13(14)15-2/h12-14H,4-11H2,1-3H3;9-12H,3-8H2,1-2H3/b;10-9+. The number of hydrogen-bond acceptors (Lipinski definition) is 6. The van der Waals surface area contributed by atoms with Crippen LogP contribution in [0.4, 0.5) is 0 Å². The number of carbonyl (C=O) groups excluding carboxylic acids is 3. The lowest BCUT2D eigenvalue weighted by molar-refractivity contribution is -0.145. The van der Waals surface area contributed by atoms with Crippen LogP contribution in [0.3, 0.4) is 0 Å². The molecule has 0 amide bonds. The third-order valence-electron chi connectivity index (χ3n) is 7.86. The van der Waals surface area contributed by atoms with Gasteiger partial charge < -0.3 is 14.2 Å². The second-order valence-electron chi connectivity index (χ2n) is 10.3. The van der Waals surface area contributed by atoms with Crippen molar-refractivity contribution >= 4 is 17.9 Å². The first-order chi connectivity index (χ1) is 16.9. The van der Waals surface area contributed by atoms with Gasteiger partial charge in [-0.05, 0) is 68.1 Å². The molecule has 0 heterocycles. The molecule has 2 aliphatic carbocycles. The Morgan fingerprint density at radius 2 is 1.17 bits per heavy atom. The Balaban J connectivity index is 0.000000365. The summed E-state index contributed by atoms with van der Waals surface area (Å²) in [7, 11) is 4.22. The maximum absolute atomic E-state index is 11.5. The summed E-state index contributed by atoms with van der Waals surface area (Å²) in [5, 5.41) is 0. The molecule has 2 fully saturated rings. The molecule has 35 heavy (non-hydrogen) atoms. The molecule has 2 aliphatic rings. The smallest absolute Gasteiger partial charge is 0.330 e. The van der Waals surface area contributed by atoms with E-state index in [2.05, 4.69) is 18.6 Å². The quantitative estimate of drug-likeness (QED) is 0.182. The highest BCUT2D eigenvalue weighted by Crippen LogP contribution is 2.38. The molecule has 6 nitrogen and oxygen atoms in total. The Morgan fingerprint density at radius 3 is 1.57 bits per heavy atom. The van der Waals surface area contributed by atoms with Crippen molar-refractivity contribution in [1.29, 1.82) is 0 Å². The SMILES string of the molecule is CCCC1CCC(/C=C/C(=O)OC)CC1.CCCC1CCC(C(CC(=O)OC)CC(=O)OC)CC1. The summed E-state index contributed by atoms with van der Waals surface area (Å²) in [4.78, 5) is 34.0. The van der Waals surface area contributed by atoms with Gasteiger partial charge in [0.25, 0.3) is 0 Å². The maximum Gasteiger partial charge on any atom is 0.330 e. The molecule has 0 aromatic rings. The zero-order valence-corrected chi connectivity index (χ0v) is 22.9. The minimum Gasteiger partial charge on any atom is -0.469 e. The van der Waals surface area contributed by atoms with Crippen molar-refractivity contribution in [2.24, 2.45) is 29.6 Å². The molecule has 0 radical (unpaired) electrons. The van der Waals surface area contributed by atoms with Crippen LogP contribution < -0.4 is 0 Å². The van der Waals surface area contributed by atoms with E-state index in [1.807, 2.05) is 6.08 Å². The van der Waals surface area contributed by atoms with Crippen LogP contribution in [0.5, 0.6) is 0 Å². The van der Waals surface area contributed by atoms with Crippen LogP contribution in [0, 0.1) is 29.6 Å². The van der Waals surface area contributed by atoms with Gasteiger partial charge in [-0.15, -0.1) is 0 Å². The molecule has 0 aromatic heterocycles. The fourth-order valence-corrected chi connectivity index (χ4v) is 5.72. The lowest BCUT2D eigenvalue weighted by Crippen LogP contribution is -2.26. The van der Waals surface area contributed by atoms with E-state index < -0.39 is 0 Å². The zero-order valence-electron chi connectivity index (χ0n) is 22.9. The molecule has 0 saturated heterocycles. The summed E-state index contributed by atoms with van der Waals surface area (Å²) in [5.74, 6) is 2.18. The van der Waals surface area contributed by atoms with Gasteiger partial charge in [0, 0.05) is 18.9 Å². The average molecular weight is 495 g/mol. The number of allylic oxidation sites excluding steroid dienone is 1. The lowest BCUT2D eigenvalue weighted by atomic mass is 9.73. The average Bonchev–Trinajstić information content (AvgIpc) is 2.88. The normalized spacial score (nSPS) is 24.4. The summed E-state index contributed by atoms with van der Waals surface area (Å²) in [5.41, 5.74) is 0. The topological polar surface area (TPSA) is 78.9 Å².